The van der Waals surface area contributed by atoms with Crippen molar-refractivity contribution in [3.8, 4) is 0 Å². The number of carbonyl (C=O) groups is 1. The van der Waals surface area contributed by atoms with Gasteiger partial charge in [-0.2, -0.15) is 0 Å². The highest BCUT2D eigenvalue weighted by Crippen LogP contribution is 2.27. The summed E-state index contributed by atoms with van der Waals surface area (Å²) in [5.41, 5.74) is 3.13. The second kappa shape index (κ2) is 7.42. The smallest absolute Gasteiger partial charge is 0.319 e. The van der Waals surface area contributed by atoms with Crippen molar-refractivity contribution in [1.29, 1.82) is 0 Å². The van der Waals surface area contributed by atoms with Gasteiger partial charge in [0.1, 0.15) is 0 Å². The number of nitrogens with one attached hydrogen (secondary N) is 2. The molecule has 3 rings (SSSR count). The molecule has 1 aliphatic rings. The molecule has 2 aromatic rings. The molecule has 0 bridgehead atoms. The molecule has 128 valence electrons. The van der Waals surface area contributed by atoms with E-state index in [0.717, 1.165) is 24.1 Å². The maximum Gasteiger partial charge on any atom is 0.319 e. The van der Waals surface area contributed by atoms with E-state index in [0.29, 0.717) is 18.4 Å². The summed E-state index contributed by atoms with van der Waals surface area (Å²) in [4.78, 5) is 12.1. The molecule has 1 heterocycles. The Morgan fingerprint density at radius 3 is 2.75 bits per heavy atom. The number of carbonyl (C=O) groups excluding carboxylic acids is 1. The first-order valence-electron chi connectivity index (χ1n) is 8.52. The molecular formula is C17H24N6O. The average molecular weight is 328 g/mol. The highest BCUT2D eigenvalue weighted by Gasteiger charge is 2.20. The van der Waals surface area contributed by atoms with Crippen LogP contribution in [0.1, 0.15) is 55.1 Å². The number of hydrogen-bond donors (Lipinski definition) is 2. The Balaban J connectivity index is 1.56. The van der Waals surface area contributed by atoms with Crippen molar-refractivity contribution >= 4 is 11.7 Å². The lowest BCUT2D eigenvalue weighted by atomic mass is 9.96. The van der Waals surface area contributed by atoms with Crippen LogP contribution in [0.3, 0.4) is 0 Å². The Hall–Kier alpha value is -2.44. The Bertz CT molecular complexity index is 705. The van der Waals surface area contributed by atoms with Gasteiger partial charge >= 0.3 is 6.03 Å². The molecular weight excluding hydrogens is 304 g/mol. The van der Waals surface area contributed by atoms with Crippen molar-refractivity contribution in [2.24, 2.45) is 0 Å². The van der Waals surface area contributed by atoms with Crippen LogP contribution in [0.4, 0.5) is 10.5 Å². The summed E-state index contributed by atoms with van der Waals surface area (Å²) in [5, 5.41) is 17.6. The molecule has 24 heavy (non-hydrogen) atoms. The summed E-state index contributed by atoms with van der Waals surface area (Å²) in [6, 6.07) is 5.95. The van der Waals surface area contributed by atoms with Gasteiger partial charge in [0.15, 0.2) is 5.82 Å². The number of tetrazole rings is 1. The van der Waals surface area contributed by atoms with Gasteiger partial charge in [-0.3, -0.25) is 0 Å². The van der Waals surface area contributed by atoms with Crippen LogP contribution in [-0.4, -0.2) is 26.2 Å². The van der Waals surface area contributed by atoms with Crippen molar-refractivity contribution in [3.63, 3.8) is 0 Å². The van der Waals surface area contributed by atoms with E-state index < -0.39 is 0 Å². The monoisotopic (exact) mass is 328 g/mol. The van der Waals surface area contributed by atoms with Crippen LogP contribution >= 0.6 is 0 Å². The molecule has 2 N–H and O–H groups in total. The summed E-state index contributed by atoms with van der Waals surface area (Å²) in [5.74, 6) is 0.706. The summed E-state index contributed by atoms with van der Waals surface area (Å²) >= 11 is 0. The minimum atomic E-state index is -0.253. The molecule has 1 aromatic carbocycles. The minimum absolute atomic E-state index is 0.253. The molecule has 2 amide bonds. The van der Waals surface area contributed by atoms with Crippen LogP contribution < -0.4 is 10.6 Å². The number of nitrogens with zero attached hydrogens (tertiary/aromatic N) is 4. The topological polar surface area (TPSA) is 84.7 Å². The highest BCUT2D eigenvalue weighted by molar-refractivity contribution is 5.89. The molecule has 1 saturated carbocycles. The summed E-state index contributed by atoms with van der Waals surface area (Å²) < 4.78 is 1.87. The maximum atomic E-state index is 12.1. The van der Waals surface area contributed by atoms with Gasteiger partial charge in [0.05, 0.1) is 12.6 Å². The van der Waals surface area contributed by atoms with Gasteiger partial charge in [0, 0.05) is 5.69 Å². The Morgan fingerprint density at radius 2 is 2.00 bits per heavy atom. The fourth-order valence-electron chi connectivity index (χ4n) is 3.09. The SMILES string of the molecule is Cc1ccc(NC(=O)NCc2nnnn2C2CCCCC2)cc1C. The second-order valence-corrected chi connectivity index (χ2v) is 6.44. The molecule has 0 saturated heterocycles. The lowest BCUT2D eigenvalue weighted by Crippen LogP contribution is -2.30. The molecule has 1 fully saturated rings. The number of urea groups is 1. The van der Waals surface area contributed by atoms with Crippen molar-refractivity contribution < 1.29 is 4.79 Å². The molecule has 1 aromatic heterocycles. The third-order valence-electron chi connectivity index (χ3n) is 4.65. The van der Waals surface area contributed by atoms with E-state index >= 15 is 0 Å². The maximum absolute atomic E-state index is 12.1. The van der Waals surface area contributed by atoms with E-state index in [4.69, 9.17) is 0 Å². The van der Waals surface area contributed by atoms with Crippen molar-refractivity contribution in [2.75, 3.05) is 5.32 Å². The van der Waals surface area contributed by atoms with Gasteiger partial charge in [0.2, 0.25) is 0 Å². The zero-order valence-corrected chi connectivity index (χ0v) is 14.2. The largest absolute Gasteiger partial charge is 0.331 e. The lowest BCUT2D eigenvalue weighted by Gasteiger charge is -2.22. The Kier molecular flexibility index (Phi) is 5.08. The third-order valence-corrected chi connectivity index (χ3v) is 4.65. The highest BCUT2D eigenvalue weighted by atomic mass is 16.2. The summed E-state index contributed by atoms with van der Waals surface area (Å²) in [7, 11) is 0. The fraction of sp³-hybridized carbons (Fsp3) is 0.529. The lowest BCUT2D eigenvalue weighted by molar-refractivity contribution is 0.250. The van der Waals surface area contributed by atoms with Crippen LogP contribution in [0.2, 0.25) is 0 Å². The van der Waals surface area contributed by atoms with Gasteiger partial charge in [-0.25, -0.2) is 9.48 Å². The molecule has 0 radical (unpaired) electrons. The normalized spacial score (nSPS) is 15.2. The van der Waals surface area contributed by atoms with E-state index in [2.05, 4.69) is 26.2 Å². The zero-order valence-electron chi connectivity index (χ0n) is 14.2. The van der Waals surface area contributed by atoms with Crippen LogP contribution in [0.5, 0.6) is 0 Å². The second-order valence-electron chi connectivity index (χ2n) is 6.44. The van der Waals surface area contributed by atoms with Gasteiger partial charge < -0.3 is 10.6 Å². The summed E-state index contributed by atoms with van der Waals surface area (Å²) in [6.07, 6.45) is 5.92. The number of anilines is 1. The first-order valence-corrected chi connectivity index (χ1v) is 8.52. The third kappa shape index (κ3) is 3.90. The van der Waals surface area contributed by atoms with E-state index in [1.54, 1.807) is 0 Å². The first kappa shape index (κ1) is 16.4. The van der Waals surface area contributed by atoms with E-state index in [1.807, 2.05) is 36.7 Å². The number of hydrogen-bond acceptors (Lipinski definition) is 4. The van der Waals surface area contributed by atoms with Crippen molar-refractivity contribution in [1.82, 2.24) is 25.5 Å². The number of rotatable bonds is 4. The minimum Gasteiger partial charge on any atom is -0.331 e. The number of aryl methyl sites for hydroxylation is 2. The van der Waals surface area contributed by atoms with Crippen LogP contribution in [-0.2, 0) is 6.54 Å². The van der Waals surface area contributed by atoms with E-state index in [9.17, 15) is 4.79 Å². The van der Waals surface area contributed by atoms with Crippen molar-refractivity contribution in [3.05, 3.63) is 35.2 Å². The van der Waals surface area contributed by atoms with Gasteiger partial charge in [-0.05, 0) is 60.4 Å². The molecule has 0 atom stereocenters. The zero-order chi connectivity index (χ0) is 16.9. The quantitative estimate of drug-likeness (QED) is 0.903. The molecule has 7 nitrogen and oxygen atoms in total. The molecule has 0 spiro atoms. The molecule has 0 aliphatic heterocycles. The number of benzene rings is 1. The van der Waals surface area contributed by atoms with Crippen molar-refractivity contribution in [2.45, 2.75) is 58.5 Å². The number of aromatic nitrogens is 4. The predicted octanol–water partition coefficient (Wildman–Crippen LogP) is 3.12. The van der Waals surface area contributed by atoms with Crippen LogP contribution in [0.15, 0.2) is 18.2 Å². The van der Waals surface area contributed by atoms with Crippen LogP contribution in [0.25, 0.3) is 0 Å². The standard InChI is InChI=1S/C17H24N6O/c1-12-8-9-14(10-13(12)2)19-17(24)18-11-16-20-21-22-23(16)15-6-4-3-5-7-15/h8-10,15H,3-7,11H2,1-2H3,(H2,18,19,24). The Morgan fingerprint density at radius 1 is 1.21 bits per heavy atom. The van der Waals surface area contributed by atoms with Gasteiger partial charge in [-0.15, -0.1) is 5.10 Å². The molecule has 7 heteroatoms. The summed E-state index contributed by atoms with van der Waals surface area (Å²) in [6.45, 7) is 4.39. The number of amides is 2. The Labute approximate surface area is 141 Å². The molecule has 0 unspecified atom stereocenters. The van der Waals surface area contributed by atoms with E-state index in [-0.39, 0.29) is 6.03 Å². The first-order chi connectivity index (χ1) is 11.6. The van der Waals surface area contributed by atoms with Crippen LogP contribution in [0, 0.1) is 13.8 Å². The fourth-order valence-corrected chi connectivity index (χ4v) is 3.09. The van der Waals surface area contributed by atoms with Gasteiger partial charge in [-0.1, -0.05) is 25.3 Å². The average Bonchev–Trinajstić information content (AvgIpc) is 3.06. The van der Waals surface area contributed by atoms with Gasteiger partial charge in [0.25, 0.3) is 0 Å². The molecule has 1 aliphatic carbocycles. The van der Waals surface area contributed by atoms with E-state index in [1.165, 1.54) is 24.8 Å². The predicted molar refractivity (Wildman–Crippen MR) is 91.7 cm³/mol.